The van der Waals surface area contributed by atoms with E-state index in [-0.39, 0.29) is 17.4 Å². The van der Waals surface area contributed by atoms with Gasteiger partial charge in [0.2, 0.25) is 0 Å². The molecule has 1 aliphatic rings. The first kappa shape index (κ1) is 14.0. The molecule has 0 bridgehead atoms. The molecule has 0 aliphatic heterocycles. The van der Waals surface area contributed by atoms with Crippen LogP contribution in [0.5, 0.6) is 0 Å². The lowest BCUT2D eigenvalue weighted by atomic mass is 10.1. The second kappa shape index (κ2) is 5.44. The third-order valence-corrected chi connectivity index (χ3v) is 4.44. The molecule has 108 valence electrons. The van der Waals surface area contributed by atoms with Crippen LogP contribution < -0.4 is 5.32 Å². The quantitative estimate of drug-likeness (QED) is 0.650. The number of hydrogen-bond donors (Lipinski definition) is 1. The Morgan fingerprint density at radius 3 is 2.90 bits per heavy atom. The zero-order chi connectivity index (χ0) is 15.0. The highest BCUT2D eigenvalue weighted by atomic mass is 79.9. The molecule has 0 fully saturated rings. The minimum Gasteiger partial charge on any atom is -0.373 e. The van der Waals surface area contributed by atoms with Gasteiger partial charge in [-0.25, -0.2) is 4.39 Å². The summed E-state index contributed by atoms with van der Waals surface area (Å²) in [5, 5.41) is 14.2. The number of nitrogens with one attached hydrogen (secondary N) is 1. The van der Waals surface area contributed by atoms with Crippen LogP contribution >= 0.6 is 15.9 Å². The lowest BCUT2D eigenvalue weighted by molar-refractivity contribution is -0.384. The van der Waals surface area contributed by atoms with Gasteiger partial charge in [0.05, 0.1) is 11.0 Å². The van der Waals surface area contributed by atoms with Crippen LogP contribution in [-0.2, 0) is 6.42 Å². The molecule has 2 aromatic rings. The standard InChI is InChI=1S/C15H12BrFN2O2/c16-12-3-1-2-11-10(12)5-6-13(11)18-14-8-9(17)4-7-15(14)19(20)21/h1-4,7-8,13,18H,5-6H2. The molecule has 6 heteroatoms. The Labute approximate surface area is 129 Å². The number of benzene rings is 2. The zero-order valence-corrected chi connectivity index (χ0v) is 12.6. The normalized spacial score (nSPS) is 16.6. The maximum Gasteiger partial charge on any atom is 0.292 e. The van der Waals surface area contributed by atoms with Crippen LogP contribution in [0.2, 0.25) is 0 Å². The first-order chi connectivity index (χ1) is 10.1. The van der Waals surface area contributed by atoms with Gasteiger partial charge in [-0.1, -0.05) is 28.1 Å². The van der Waals surface area contributed by atoms with E-state index < -0.39 is 10.7 Å². The summed E-state index contributed by atoms with van der Waals surface area (Å²) in [6.07, 6.45) is 1.71. The summed E-state index contributed by atoms with van der Waals surface area (Å²) in [4.78, 5) is 10.5. The van der Waals surface area contributed by atoms with Gasteiger partial charge in [0, 0.05) is 16.6 Å². The zero-order valence-electron chi connectivity index (χ0n) is 11.0. The minimum atomic E-state index is -0.501. The minimum absolute atomic E-state index is 0.0435. The SMILES string of the molecule is O=[N+]([O-])c1ccc(F)cc1NC1CCc2c(Br)cccc21. The molecule has 1 atom stereocenters. The van der Waals surface area contributed by atoms with E-state index in [9.17, 15) is 14.5 Å². The summed E-state index contributed by atoms with van der Waals surface area (Å²) in [5.74, 6) is -0.490. The van der Waals surface area contributed by atoms with Gasteiger partial charge >= 0.3 is 0 Å². The highest BCUT2D eigenvalue weighted by Gasteiger charge is 2.26. The molecule has 1 aliphatic carbocycles. The monoisotopic (exact) mass is 350 g/mol. The number of nitro groups is 1. The Balaban J connectivity index is 1.95. The van der Waals surface area contributed by atoms with Gasteiger partial charge < -0.3 is 5.32 Å². The fraction of sp³-hybridized carbons (Fsp3) is 0.200. The van der Waals surface area contributed by atoms with Crippen LogP contribution in [0.15, 0.2) is 40.9 Å². The molecular formula is C15H12BrFN2O2. The van der Waals surface area contributed by atoms with Gasteiger partial charge in [-0.15, -0.1) is 0 Å². The van der Waals surface area contributed by atoms with E-state index in [1.54, 1.807) is 0 Å². The maximum absolute atomic E-state index is 13.4. The van der Waals surface area contributed by atoms with Crippen molar-refractivity contribution in [2.45, 2.75) is 18.9 Å². The second-order valence-electron chi connectivity index (χ2n) is 4.96. The van der Waals surface area contributed by atoms with Crippen LogP contribution in [0.1, 0.15) is 23.6 Å². The summed E-state index contributed by atoms with van der Waals surface area (Å²) >= 11 is 3.51. The highest BCUT2D eigenvalue weighted by Crippen LogP contribution is 2.39. The third kappa shape index (κ3) is 2.63. The number of nitro benzene ring substituents is 1. The largest absolute Gasteiger partial charge is 0.373 e. The van der Waals surface area contributed by atoms with Gasteiger partial charge in [-0.2, -0.15) is 0 Å². The van der Waals surface area contributed by atoms with E-state index in [0.717, 1.165) is 28.9 Å². The molecule has 0 spiro atoms. The van der Waals surface area contributed by atoms with Crippen molar-refractivity contribution >= 4 is 27.3 Å². The average Bonchev–Trinajstić information content (AvgIpc) is 2.83. The number of nitrogens with zero attached hydrogens (tertiary/aromatic N) is 1. The van der Waals surface area contributed by atoms with Crippen molar-refractivity contribution in [2.75, 3.05) is 5.32 Å². The van der Waals surface area contributed by atoms with E-state index in [4.69, 9.17) is 0 Å². The molecule has 2 aromatic carbocycles. The van der Waals surface area contributed by atoms with Crippen molar-refractivity contribution in [3.63, 3.8) is 0 Å². The van der Waals surface area contributed by atoms with Crippen LogP contribution in [-0.4, -0.2) is 4.92 Å². The first-order valence-corrected chi connectivity index (χ1v) is 7.33. The molecular weight excluding hydrogens is 339 g/mol. The Morgan fingerprint density at radius 2 is 2.14 bits per heavy atom. The number of anilines is 1. The second-order valence-corrected chi connectivity index (χ2v) is 5.82. The van der Waals surface area contributed by atoms with Crippen LogP contribution in [0.4, 0.5) is 15.8 Å². The molecule has 1 unspecified atom stereocenters. The lowest BCUT2D eigenvalue weighted by Gasteiger charge is -2.16. The molecule has 0 radical (unpaired) electrons. The summed E-state index contributed by atoms with van der Waals surface area (Å²) < 4.78 is 14.4. The van der Waals surface area contributed by atoms with Gasteiger partial charge in [0.25, 0.3) is 5.69 Å². The Kier molecular flexibility index (Phi) is 3.63. The van der Waals surface area contributed by atoms with Gasteiger partial charge in [0.1, 0.15) is 11.5 Å². The number of rotatable bonds is 3. The molecule has 3 rings (SSSR count). The Morgan fingerprint density at radius 1 is 1.33 bits per heavy atom. The van der Waals surface area contributed by atoms with Crippen molar-refractivity contribution in [3.05, 3.63) is 67.9 Å². The Bertz CT molecular complexity index is 721. The molecule has 0 amide bonds. The number of halogens is 2. The summed E-state index contributed by atoms with van der Waals surface area (Å²) in [6, 6.07) is 9.33. The number of hydrogen-bond acceptors (Lipinski definition) is 3. The maximum atomic E-state index is 13.4. The van der Waals surface area contributed by atoms with Crippen LogP contribution in [0.3, 0.4) is 0 Å². The van der Waals surface area contributed by atoms with Crippen molar-refractivity contribution in [2.24, 2.45) is 0 Å². The topological polar surface area (TPSA) is 55.2 Å². The van der Waals surface area contributed by atoms with Crippen molar-refractivity contribution < 1.29 is 9.31 Å². The van der Waals surface area contributed by atoms with E-state index >= 15 is 0 Å². The molecule has 0 aromatic heterocycles. The van der Waals surface area contributed by atoms with Gasteiger partial charge in [-0.3, -0.25) is 10.1 Å². The third-order valence-electron chi connectivity index (χ3n) is 3.70. The molecule has 1 N–H and O–H groups in total. The molecule has 21 heavy (non-hydrogen) atoms. The van der Waals surface area contributed by atoms with Crippen LogP contribution in [0.25, 0.3) is 0 Å². The summed E-state index contributed by atoms with van der Waals surface area (Å²) in [7, 11) is 0. The van der Waals surface area contributed by atoms with Crippen molar-refractivity contribution in [3.8, 4) is 0 Å². The van der Waals surface area contributed by atoms with Crippen LogP contribution in [0, 0.1) is 15.9 Å². The van der Waals surface area contributed by atoms with Crippen molar-refractivity contribution in [1.29, 1.82) is 0 Å². The average molecular weight is 351 g/mol. The van der Waals surface area contributed by atoms with E-state index in [1.807, 2.05) is 18.2 Å². The molecule has 0 saturated carbocycles. The molecule has 4 nitrogen and oxygen atoms in total. The smallest absolute Gasteiger partial charge is 0.292 e. The summed E-state index contributed by atoms with van der Waals surface area (Å²) in [5.41, 5.74) is 2.41. The predicted molar refractivity (Wildman–Crippen MR) is 81.9 cm³/mol. The van der Waals surface area contributed by atoms with E-state index in [0.29, 0.717) is 0 Å². The van der Waals surface area contributed by atoms with Gasteiger partial charge in [-0.05, 0) is 36.1 Å². The highest BCUT2D eigenvalue weighted by molar-refractivity contribution is 9.10. The first-order valence-electron chi connectivity index (χ1n) is 6.54. The van der Waals surface area contributed by atoms with Gasteiger partial charge in [0.15, 0.2) is 0 Å². The molecule has 0 heterocycles. The lowest BCUT2D eigenvalue weighted by Crippen LogP contribution is -2.09. The predicted octanol–water partition coefficient (Wildman–Crippen LogP) is 4.60. The van der Waals surface area contributed by atoms with E-state index in [1.165, 1.54) is 17.7 Å². The van der Waals surface area contributed by atoms with Crippen molar-refractivity contribution in [1.82, 2.24) is 0 Å². The fourth-order valence-corrected chi connectivity index (χ4v) is 3.31. The Hall–Kier alpha value is -1.95. The number of fused-ring (bicyclic) bond motifs is 1. The summed E-state index contributed by atoms with van der Waals surface area (Å²) in [6.45, 7) is 0. The fourth-order valence-electron chi connectivity index (χ4n) is 2.73. The van der Waals surface area contributed by atoms with E-state index in [2.05, 4.69) is 21.2 Å². The molecule has 0 saturated heterocycles.